The van der Waals surface area contributed by atoms with E-state index in [0.29, 0.717) is 0 Å². The Morgan fingerprint density at radius 1 is 1.62 bits per heavy atom. The normalized spacial score (nSPS) is 16.8. The van der Waals surface area contributed by atoms with Crippen LogP contribution < -0.4 is 0 Å². The van der Waals surface area contributed by atoms with E-state index in [1.165, 1.54) is 17.8 Å². The van der Waals surface area contributed by atoms with Crippen molar-refractivity contribution in [2.75, 3.05) is 0 Å². The van der Waals surface area contributed by atoms with Crippen LogP contribution in [0.15, 0.2) is 24.6 Å². The van der Waals surface area contributed by atoms with Crippen molar-refractivity contribution in [1.82, 2.24) is 0 Å². The SMILES string of the molecule is C=CSC(C)(O)C=C. The van der Waals surface area contributed by atoms with E-state index in [-0.39, 0.29) is 0 Å². The quantitative estimate of drug-likeness (QED) is 0.464. The van der Waals surface area contributed by atoms with Crippen molar-refractivity contribution in [3.63, 3.8) is 0 Å². The van der Waals surface area contributed by atoms with Crippen molar-refractivity contribution >= 4 is 11.8 Å². The summed E-state index contributed by atoms with van der Waals surface area (Å²) in [6.07, 6.45) is 1.47. The largest absolute Gasteiger partial charge is 0.376 e. The molecule has 0 aliphatic carbocycles. The minimum absolute atomic E-state index is 0.845. The fourth-order valence-electron chi connectivity index (χ4n) is 0.217. The second-order valence-corrected chi connectivity index (χ2v) is 2.94. The number of hydrogen-bond acceptors (Lipinski definition) is 2. The predicted molar refractivity (Wildman–Crippen MR) is 38.6 cm³/mol. The van der Waals surface area contributed by atoms with Crippen molar-refractivity contribution in [2.24, 2.45) is 0 Å². The third-order valence-corrected chi connectivity index (χ3v) is 1.51. The van der Waals surface area contributed by atoms with Gasteiger partial charge in [0.05, 0.1) is 0 Å². The smallest absolute Gasteiger partial charge is 0.129 e. The zero-order valence-corrected chi connectivity index (χ0v) is 5.74. The van der Waals surface area contributed by atoms with Gasteiger partial charge >= 0.3 is 0 Å². The lowest BCUT2D eigenvalue weighted by Gasteiger charge is -2.13. The van der Waals surface area contributed by atoms with Crippen LogP contribution in [0.25, 0.3) is 0 Å². The summed E-state index contributed by atoms with van der Waals surface area (Å²) < 4.78 is 0. The van der Waals surface area contributed by atoms with Crippen LogP contribution in [0, 0.1) is 0 Å². The van der Waals surface area contributed by atoms with Gasteiger partial charge in [0.15, 0.2) is 0 Å². The highest BCUT2D eigenvalue weighted by Gasteiger charge is 2.11. The van der Waals surface area contributed by atoms with Crippen LogP contribution in [0.1, 0.15) is 6.92 Å². The van der Waals surface area contributed by atoms with Gasteiger partial charge in [-0.05, 0) is 12.3 Å². The Bertz CT molecular complexity index is 96.7. The molecular formula is C6H10OS. The van der Waals surface area contributed by atoms with Gasteiger partial charge in [-0.15, -0.1) is 0 Å². The molecule has 0 radical (unpaired) electrons. The summed E-state index contributed by atoms with van der Waals surface area (Å²) >= 11 is 1.23. The highest BCUT2D eigenvalue weighted by Crippen LogP contribution is 2.22. The molecule has 8 heavy (non-hydrogen) atoms. The minimum Gasteiger partial charge on any atom is -0.376 e. The van der Waals surface area contributed by atoms with E-state index in [2.05, 4.69) is 13.2 Å². The monoisotopic (exact) mass is 130 g/mol. The summed E-state index contributed by atoms with van der Waals surface area (Å²) in [6.45, 7) is 8.54. The lowest BCUT2D eigenvalue weighted by molar-refractivity contribution is 0.210. The van der Waals surface area contributed by atoms with Gasteiger partial charge in [0.25, 0.3) is 0 Å². The molecule has 1 unspecified atom stereocenters. The zero-order chi connectivity index (χ0) is 6.62. The van der Waals surface area contributed by atoms with Crippen LogP contribution >= 0.6 is 11.8 Å². The molecule has 0 spiro atoms. The van der Waals surface area contributed by atoms with Gasteiger partial charge in [0, 0.05) is 0 Å². The van der Waals surface area contributed by atoms with Gasteiger partial charge in [-0.1, -0.05) is 31.0 Å². The molecule has 0 saturated carbocycles. The average Bonchev–Trinajstić information content (AvgIpc) is 1.67. The topological polar surface area (TPSA) is 20.2 Å². The molecule has 0 heterocycles. The highest BCUT2D eigenvalue weighted by atomic mass is 32.2. The van der Waals surface area contributed by atoms with Crippen molar-refractivity contribution < 1.29 is 5.11 Å². The second kappa shape index (κ2) is 2.95. The molecular weight excluding hydrogens is 120 g/mol. The number of aliphatic hydroxyl groups is 1. The molecule has 2 heteroatoms. The molecule has 0 aromatic heterocycles. The van der Waals surface area contributed by atoms with Crippen LogP contribution in [0.2, 0.25) is 0 Å². The number of rotatable bonds is 3. The zero-order valence-electron chi connectivity index (χ0n) is 4.92. The molecule has 0 aliphatic rings. The molecule has 0 aromatic rings. The molecule has 0 bridgehead atoms. The number of thioether (sulfide) groups is 1. The summed E-state index contributed by atoms with van der Waals surface area (Å²) in [5.74, 6) is 0. The lowest BCUT2D eigenvalue weighted by Crippen LogP contribution is -2.12. The molecule has 0 saturated heterocycles. The Balaban J connectivity index is 3.70. The Kier molecular flexibility index (Phi) is 2.87. The predicted octanol–water partition coefficient (Wildman–Crippen LogP) is 1.76. The Labute approximate surface area is 54.1 Å². The molecule has 0 aromatic carbocycles. The molecule has 0 aliphatic heterocycles. The van der Waals surface area contributed by atoms with Crippen LogP contribution in [-0.2, 0) is 0 Å². The fourth-order valence-corrected chi connectivity index (χ4v) is 0.650. The first kappa shape index (κ1) is 7.79. The first-order valence-electron chi connectivity index (χ1n) is 2.27. The molecule has 1 N–H and O–H groups in total. The van der Waals surface area contributed by atoms with E-state index in [0.717, 1.165) is 0 Å². The molecule has 0 rings (SSSR count). The fraction of sp³-hybridized carbons (Fsp3) is 0.333. The van der Waals surface area contributed by atoms with Crippen molar-refractivity contribution in [3.05, 3.63) is 24.6 Å². The maximum atomic E-state index is 9.10. The maximum Gasteiger partial charge on any atom is 0.129 e. The summed E-state index contributed by atoms with van der Waals surface area (Å²) in [7, 11) is 0. The highest BCUT2D eigenvalue weighted by molar-refractivity contribution is 8.03. The van der Waals surface area contributed by atoms with Crippen LogP contribution in [0.5, 0.6) is 0 Å². The first-order valence-corrected chi connectivity index (χ1v) is 3.15. The Hall–Kier alpha value is -0.210. The van der Waals surface area contributed by atoms with Gasteiger partial charge in [-0.25, -0.2) is 0 Å². The summed E-state index contributed by atoms with van der Waals surface area (Å²) in [4.78, 5) is -0.845. The second-order valence-electron chi connectivity index (χ2n) is 1.54. The first-order chi connectivity index (χ1) is 3.62. The Morgan fingerprint density at radius 2 is 2.12 bits per heavy atom. The molecule has 0 amide bonds. The molecule has 46 valence electrons. The lowest BCUT2D eigenvalue weighted by atomic mass is 10.4. The van der Waals surface area contributed by atoms with Crippen LogP contribution in [0.3, 0.4) is 0 Å². The molecule has 1 nitrogen and oxygen atoms in total. The third-order valence-electron chi connectivity index (χ3n) is 0.701. The molecule has 1 atom stereocenters. The average molecular weight is 130 g/mol. The van der Waals surface area contributed by atoms with Crippen molar-refractivity contribution in [2.45, 2.75) is 11.9 Å². The van der Waals surface area contributed by atoms with Gasteiger partial charge in [0.1, 0.15) is 4.93 Å². The van der Waals surface area contributed by atoms with Crippen LogP contribution in [-0.4, -0.2) is 10.0 Å². The van der Waals surface area contributed by atoms with E-state index in [9.17, 15) is 0 Å². The van der Waals surface area contributed by atoms with Crippen molar-refractivity contribution in [3.8, 4) is 0 Å². The standard InChI is InChI=1S/C6H10OS/c1-4-6(3,7)8-5-2/h4-5,7H,1-2H2,3H3. The summed E-state index contributed by atoms with van der Waals surface area (Å²) in [6, 6.07) is 0. The van der Waals surface area contributed by atoms with Gasteiger partial charge in [0.2, 0.25) is 0 Å². The van der Waals surface area contributed by atoms with E-state index in [1.807, 2.05) is 0 Å². The van der Waals surface area contributed by atoms with E-state index in [4.69, 9.17) is 5.11 Å². The van der Waals surface area contributed by atoms with E-state index < -0.39 is 4.93 Å². The van der Waals surface area contributed by atoms with E-state index in [1.54, 1.807) is 12.3 Å². The summed E-state index contributed by atoms with van der Waals surface area (Å²) in [5, 5.41) is 10.7. The minimum atomic E-state index is -0.845. The summed E-state index contributed by atoms with van der Waals surface area (Å²) in [5.41, 5.74) is 0. The molecule has 0 fully saturated rings. The maximum absolute atomic E-state index is 9.10. The van der Waals surface area contributed by atoms with Gasteiger partial charge in [-0.3, -0.25) is 0 Å². The number of hydrogen-bond donors (Lipinski definition) is 1. The Morgan fingerprint density at radius 3 is 2.25 bits per heavy atom. The van der Waals surface area contributed by atoms with Crippen LogP contribution in [0.4, 0.5) is 0 Å². The van der Waals surface area contributed by atoms with Gasteiger partial charge < -0.3 is 5.11 Å². The van der Waals surface area contributed by atoms with Crippen molar-refractivity contribution in [1.29, 1.82) is 0 Å². The third kappa shape index (κ3) is 2.88. The van der Waals surface area contributed by atoms with Gasteiger partial charge in [-0.2, -0.15) is 0 Å². The van der Waals surface area contributed by atoms with E-state index >= 15 is 0 Å².